The molecule has 0 aromatic rings. The van der Waals surface area contributed by atoms with E-state index in [0.717, 1.165) is 25.8 Å². The highest BCUT2D eigenvalue weighted by atomic mass is 16.5. The molecule has 2 heterocycles. The minimum atomic E-state index is -0.732. The van der Waals surface area contributed by atoms with Crippen molar-refractivity contribution in [2.45, 2.75) is 50.0 Å². The van der Waals surface area contributed by atoms with Crippen LogP contribution < -0.4 is 0 Å². The highest BCUT2D eigenvalue weighted by Gasteiger charge is 2.69. The van der Waals surface area contributed by atoms with E-state index >= 15 is 0 Å². The van der Waals surface area contributed by atoms with Gasteiger partial charge in [-0.25, -0.2) is 0 Å². The molecule has 23 heavy (non-hydrogen) atoms. The Hall–Kier alpha value is -1.04. The molecule has 4 nitrogen and oxygen atoms in total. The third kappa shape index (κ3) is 1.54. The van der Waals surface area contributed by atoms with Crippen molar-refractivity contribution in [2.75, 3.05) is 13.6 Å². The van der Waals surface area contributed by atoms with Gasteiger partial charge in [-0.05, 0) is 51.4 Å². The van der Waals surface area contributed by atoms with Crippen molar-refractivity contribution in [3.63, 3.8) is 0 Å². The van der Waals surface area contributed by atoms with E-state index in [1.165, 1.54) is 11.1 Å². The predicted octanol–water partition coefficient (Wildman–Crippen LogP) is 1.55. The number of rotatable bonds is 0. The van der Waals surface area contributed by atoms with E-state index < -0.39 is 11.7 Å². The summed E-state index contributed by atoms with van der Waals surface area (Å²) in [6, 6.07) is 0.485. The fourth-order valence-electron chi connectivity index (χ4n) is 6.04. The molecule has 5 rings (SSSR count). The Morgan fingerprint density at radius 1 is 1.35 bits per heavy atom. The van der Waals surface area contributed by atoms with Gasteiger partial charge in [0.15, 0.2) is 0 Å². The minimum absolute atomic E-state index is 0. The Balaban J connectivity index is 0.00000135. The van der Waals surface area contributed by atoms with Gasteiger partial charge in [-0.15, -0.1) is 0 Å². The molecule has 0 aromatic carbocycles. The molecule has 6 atom stereocenters. The molecule has 121 valence electrons. The van der Waals surface area contributed by atoms with Crippen LogP contribution in [-0.2, 0) is 4.74 Å². The van der Waals surface area contributed by atoms with Crippen LogP contribution in [0.1, 0.15) is 26.2 Å². The predicted molar refractivity (Wildman–Crippen MR) is 88.1 cm³/mol. The van der Waals surface area contributed by atoms with E-state index in [9.17, 15) is 10.2 Å². The molecule has 0 saturated carbocycles. The van der Waals surface area contributed by atoms with Gasteiger partial charge in [-0.1, -0.05) is 17.7 Å². The van der Waals surface area contributed by atoms with Crippen molar-refractivity contribution in [3.8, 4) is 0 Å². The molecule has 1 unspecified atom stereocenters. The van der Waals surface area contributed by atoms with E-state index in [-0.39, 0.29) is 19.9 Å². The molecule has 3 radical (unpaired) electrons. The van der Waals surface area contributed by atoms with Crippen LogP contribution in [0.2, 0.25) is 0 Å². The minimum Gasteiger partial charge on any atom is -0.509 e. The number of piperidine rings is 1. The molecular weight excluding hydrogens is 289 g/mol. The molecule has 3 aliphatic carbocycles. The molecule has 2 N–H and O–H groups in total. The fourth-order valence-corrected chi connectivity index (χ4v) is 6.04. The smallest absolute Gasteiger partial charge is 0.144 e. The van der Waals surface area contributed by atoms with E-state index in [1.807, 2.05) is 19.1 Å². The summed E-state index contributed by atoms with van der Waals surface area (Å²) < 4.78 is 6.38. The van der Waals surface area contributed by atoms with Crippen molar-refractivity contribution in [3.05, 3.63) is 35.1 Å². The lowest BCUT2D eigenvalue weighted by atomic mass is 9.50. The second-order valence-corrected chi connectivity index (χ2v) is 7.79. The van der Waals surface area contributed by atoms with Gasteiger partial charge >= 0.3 is 0 Å². The maximum Gasteiger partial charge on any atom is 0.144 e. The van der Waals surface area contributed by atoms with Gasteiger partial charge in [-0.2, -0.15) is 0 Å². The Labute approximate surface area is 139 Å². The van der Waals surface area contributed by atoms with Crippen molar-refractivity contribution in [1.29, 1.82) is 0 Å². The number of likely N-dealkylation sites (tertiary alicyclic amines) is 1. The van der Waals surface area contributed by atoms with Crippen LogP contribution in [0.3, 0.4) is 0 Å². The first-order valence-electron chi connectivity index (χ1n) is 8.35. The van der Waals surface area contributed by atoms with Crippen molar-refractivity contribution >= 4 is 8.41 Å². The van der Waals surface area contributed by atoms with Crippen LogP contribution in [0.5, 0.6) is 0 Å². The molecule has 0 aromatic heterocycles. The quantitative estimate of drug-likeness (QED) is 0.526. The fraction of sp³-hybridized carbons (Fsp3) is 0.667. The van der Waals surface area contributed by atoms with Crippen molar-refractivity contribution in [1.82, 2.24) is 4.90 Å². The maximum absolute atomic E-state index is 10.6. The first-order chi connectivity index (χ1) is 10.5. The summed E-state index contributed by atoms with van der Waals surface area (Å²) in [5.74, 6) is 0.712. The van der Waals surface area contributed by atoms with Crippen LogP contribution in [0.15, 0.2) is 35.1 Å². The summed E-state index contributed by atoms with van der Waals surface area (Å²) in [7, 11) is 2.21. The monoisotopic (exact) mass is 312 g/mol. The molecule has 2 fully saturated rings. The van der Waals surface area contributed by atoms with Crippen LogP contribution in [0.4, 0.5) is 0 Å². The van der Waals surface area contributed by atoms with Gasteiger partial charge in [0.1, 0.15) is 11.4 Å². The lowest BCUT2D eigenvalue weighted by molar-refractivity contribution is -0.115. The Bertz CT molecular complexity index is 657. The number of aliphatic hydroxyl groups excluding tert-OH is 2. The zero-order chi connectivity index (χ0) is 15.3. The summed E-state index contributed by atoms with van der Waals surface area (Å²) in [6.07, 6.45) is 8.09. The van der Waals surface area contributed by atoms with Gasteiger partial charge in [0.25, 0.3) is 0 Å². The van der Waals surface area contributed by atoms with Crippen LogP contribution in [0.25, 0.3) is 0 Å². The van der Waals surface area contributed by atoms with Crippen LogP contribution >= 0.6 is 0 Å². The highest BCUT2D eigenvalue weighted by Crippen LogP contribution is 2.67. The molecule has 2 saturated heterocycles. The summed E-state index contributed by atoms with van der Waals surface area (Å²) in [5, 5.41) is 21.1. The first kappa shape index (κ1) is 15.5. The van der Waals surface area contributed by atoms with Gasteiger partial charge in [-0.3, -0.25) is 0 Å². The van der Waals surface area contributed by atoms with Crippen molar-refractivity contribution in [2.24, 2.45) is 11.3 Å². The average Bonchev–Trinajstić information content (AvgIpc) is 2.78. The number of hydrogen-bond donors (Lipinski definition) is 2. The van der Waals surface area contributed by atoms with Gasteiger partial charge in [0, 0.05) is 25.8 Å². The largest absolute Gasteiger partial charge is 0.509 e. The Kier molecular flexibility index (Phi) is 3.05. The van der Waals surface area contributed by atoms with Crippen LogP contribution in [-0.4, -0.2) is 61.0 Å². The van der Waals surface area contributed by atoms with Crippen LogP contribution in [0, 0.1) is 11.3 Å². The first-order valence-corrected chi connectivity index (χ1v) is 8.35. The SMILES string of the molecule is CN1CC[C@]23C4=C5CC=C(O)C4(C)O[C@H]2[C@@H](O)C=C[C@H]3[C@H]1C5.[B]. The number of ether oxygens (including phenoxy) is 1. The third-order valence-electron chi connectivity index (χ3n) is 6.93. The topological polar surface area (TPSA) is 52.9 Å². The second-order valence-electron chi connectivity index (χ2n) is 7.79. The zero-order valence-electron chi connectivity index (χ0n) is 13.7. The highest BCUT2D eigenvalue weighted by molar-refractivity contribution is 5.75. The van der Waals surface area contributed by atoms with E-state index in [4.69, 9.17) is 4.74 Å². The lowest BCUT2D eigenvalue weighted by Crippen LogP contribution is -2.61. The molecule has 2 bridgehead atoms. The van der Waals surface area contributed by atoms with E-state index in [1.54, 1.807) is 0 Å². The number of hydrogen-bond acceptors (Lipinski definition) is 4. The summed E-state index contributed by atoms with van der Waals surface area (Å²) in [6.45, 7) is 3.02. The molecular formula is C18H23BNO3. The molecule has 5 heteroatoms. The molecule has 2 aliphatic heterocycles. The maximum atomic E-state index is 10.6. The molecule has 1 spiro atoms. The Morgan fingerprint density at radius 3 is 2.91 bits per heavy atom. The normalized spacial score (nSPS) is 50.3. The summed E-state index contributed by atoms with van der Waals surface area (Å²) >= 11 is 0. The van der Waals surface area contributed by atoms with E-state index in [2.05, 4.69) is 18.0 Å². The van der Waals surface area contributed by atoms with Gasteiger partial charge in [0.2, 0.25) is 0 Å². The number of aliphatic hydroxyl groups is 2. The van der Waals surface area contributed by atoms with Crippen molar-refractivity contribution < 1.29 is 14.9 Å². The van der Waals surface area contributed by atoms with E-state index in [0.29, 0.717) is 17.7 Å². The Morgan fingerprint density at radius 2 is 2.13 bits per heavy atom. The average molecular weight is 312 g/mol. The number of nitrogens with zero attached hydrogens (tertiary/aromatic N) is 1. The van der Waals surface area contributed by atoms with Gasteiger partial charge < -0.3 is 19.8 Å². The number of allylic oxidation sites excluding steroid dienone is 1. The van der Waals surface area contributed by atoms with Gasteiger partial charge in [0.05, 0.1) is 12.2 Å². The summed E-state index contributed by atoms with van der Waals surface area (Å²) in [4.78, 5) is 2.46. The third-order valence-corrected chi connectivity index (χ3v) is 6.93. The lowest BCUT2D eigenvalue weighted by Gasteiger charge is -2.58. The molecule has 0 amide bonds. The zero-order valence-corrected chi connectivity index (χ0v) is 13.7. The second kappa shape index (κ2) is 4.53. The molecule has 5 aliphatic rings. The summed E-state index contributed by atoms with van der Waals surface area (Å²) in [5.41, 5.74) is 1.86. The standard InChI is InChI=1S/C18H23NO3.B/c1-17-14(21)6-3-10-9-12-11-4-5-13(20)16(22-17)18(11,15(10)17)7-8-19(12)2;/h4-6,11-13,16,20-21H,3,7-9H2,1-2H3;/t11-,12+,13-,16-,17?,18-;/m0./s1.